The molecule has 0 spiro atoms. The van der Waals surface area contributed by atoms with Gasteiger partial charge in [0.25, 0.3) is 0 Å². The molecule has 23 heavy (non-hydrogen) atoms. The predicted molar refractivity (Wildman–Crippen MR) is 92.1 cm³/mol. The van der Waals surface area contributed by atoms with Crippen molar-refractivity contribution < 1.29 is 9.59 Å². The molecule has 3 amide bonds. The molecule has 0 saturated carbocycles. The van der Waals surface area contributed by atoms with Crippen LogP contribution in [0.5, 0.6) is 0 Å². The number of amides is 3. The van der Waals surface area contributed by atoms with Gasteiger partial charge in [-0.1, -0.05) is 25.5 Å². The van der Waals surface area contributed by atoms with Crippen LogP contribution in [0.2, 0.25) is 0 Å². The summed E-state index contributed by atoms with van der Waals surface area (Å²) in [6, 6.07) is -0.0719. The van der Waals surface area contributed by atoms with Gasteiger partial charge in [0.05, 0.1) is 0 Å². The molecule has 0 aromatic heterocycles. The molecule has 128 valence electrons. The van der Waals surface area contributed by atoms with Crippen molar-refractivity contribution in [2.75, 3.05) is 33.2 Å². The van der Waals surface area contributed by atoms with Crippen molar-refractivity contribution >= 4 is 11.9 Å². The van der Waals surface area contributed by atoms with Crippen molar-refractivity contribution in [3.8, 4) is 0 Å². The lowest BCUT2D eigenvalue weighted by Gasteiger charge is -2.34. The monoisotopic (exact) mass is 319 g/mol. The van der Waals surface area contributed by atoms with Crippen LogP contribution in [0.3, 0.4) is 0 Å². The van der Waals surface area contributed by atoms with E-state index >= 15 is 0 Å². The van der Waals surface area contributed by atoms with Crippen molar-refractivity contribution in [2.24, 2.45) is 5.41 Å². The largest absolute Gasteiger partial charge is 0.341 e. The number of hydrogen-bond acceptors (Lipinski definition) is 2. The Kier molecular flexibility index (Phi) is 5.50. The van der Waals surface area contributed by atoms with Gasteiger partial charge in [0, 0.05) is 39.3 Å². The molecule has 0 atom stereocenters. The average molecular weight is 319 g/mol. The molecule has 1 saturated heterocycles. The molecule has 2 rings (SSSR count). The van der Waals surface area contributed by atoms with E-state index in [0.29, 0.717) is 26.2 Å². The Morgan fingerprint density at radius 2 is 1.74 bits per heavy atom. The summed E-state index contributed by atoms with van der Waals surface area (Å²) < 4.78 is 0. The first-order valence-corrected chi connectivity index (χ1v) is 8.49. The number of rotatable bonds is 2. The zero-order valence-corrected chi connectivity index (χ0v) is 14.8. The zero-order chi connectivity index (χ0) is 17.0. The van der Waals surface area contributed by atoms with Crippen LogP contribution < -0.4 is 5.32 Å². The maximum Gasteiger partial charge on any atom is 0.317 e. The minimum atomic E-state index is -0.0719. The summed E-state index contributed by atoms with van der Waals surface area (Å²) in [5, 5.41) is 2.62. The first-order chi connectivity index (χ1) is 10.8. The first kappa shape index (κ1) is 17.6. The van der Waals surface area contributed by atoms with Gasteiger partial charge in [-0.2, -0.15) is 0 Å². The number of hydrogen-bond donors (Lipinski definition) is 1. The van der Waals surface area contributed by atoms with Gasteiger partial charge in [-0.05, 0) is 37.2 Å². The van der Waals surface area contributed by atoms with Crippen molar-refractivity contribution in [1.29, 1.82) is 0 Å². The quantitative estimate of drug-likeness (QED) is 0.795. The number of urea groups is 1. The SMILES string of the molecule is CNC(=O)N1CCN(C(=O)/C=C/C2=C(C)CCCC2(C)C)CC1. The number of piperazine rings is 1. The molecule has 2 aliphatic rings. The van der Waals surface area contributed by atoms with E-state index in [1.54, 1.807) is 18.0 Å². The maximum atomic E-state index is 12.4. The van der Waals surface area contributed by atoms with E-state index in [1.165, 1.54) is 24.0 Å². The van der Waals surface area contributed by atoms with Crippen molar-refractivity contribution in [3.63, 3.8) is 0 Å². The van der Waals surface area contributed by atoms with Crippen molar-refractivity contribution in [3.05, 3.63) is 23.3 Å². The minimum Gasteiger partial charge on any atom is -0.341 e. The van der Waals surface area contributed by atoms with Gasteiger partial charge in [-0.25, -0.2) is 4.79 Å². The Labute approximate surface area is 139 Å². The van der Waals surface area contributed by atoms with Crippen LogP contribution in [0, 0.1) is 5.41 Å². The number of allylic oxidation sites excluding steroid dienone is 3. The van der Waals surface area contributed by atoms with Crippen LogP contribution in [0.15, 0.2) is 23.3 Å². The summed E-state index contributed by atoms with van der Waals surface area (Å²) in [6.45, 7) is 9.05. The molecule has 1 fully saturated rings. The zero-order valence-electron chi connectivity index (χ0n) is 14.8. The topological polar surface area (TPSA) is 52.7 Å². The van der Waals surface area contributed by atoms with E-state index in [0.717, 1.165) is 6.42 Å². The fourth-order valence-corrected chi connectivity index (χ4v) is 3.56. The van der Waals surface area contributed by atoms with Gasteiger partial charge in [0.1, 0.15) is 0 Å². The van der Waals surface area contributed by atoms with Crippen molar-refractivity contribution in [2.45, 2.75) is 40.0 Å². The molecular weight excluding hydrogens is 290 g/mol. The van der Waals surface area contributed by atoms with E-state index < -0.39 is 0 Å². The molecule has 1 aliphatic heterocycles. The Morgan fingerprint density at radius 3 is 2.30 bits per heavy atom. The number of carbonyl (C=O) groups excluding carboxylic acids is 2. The molecule has 5 heteroatoms. The third kappa shape index (κ3) is 4.15. The fourth-order valence-electron chi connectivity index (χ4n) is 3.56. The fraction of sp³-hybridized carbons (Fsp3) is 0.667. The Balaban J connectivity index is 1.96. The Morgan fingerprint density at radius 1 is 1.13 bits per heavy atom. The third-order valence-electron chi connectivity index (χ3n) is 5.03. The first-order valence-electron chi connectivity index (χ1n) is 8.49. The van der Waals surface area contributed by atoms with E-state index in [4.69, 9.17) is 0 Å². The molecular formula is C18H29N3O2. The highest BCUT2D eigenvalue weighted by Crippen LogP contribution is 2.40. The van der Waals surface area contributed by atoms with Crippen LogP contribution in [0.25, 0.3) is 0 Å². The summed E-state index contributed by atoms with van der Waals surface area (Å²) >= 11 is 0. The standard InChI is InChI=1S/C18H29N3O2/c1-14-6-5-9-18(2,3)15(14)7-8-16(22)20-10-12-21(13-11-20)17(23)19-4/h7-8H,5-6,9-13H2,1-4H3,(H,19,23)/b8-7+. The molecule has 0 aromatic carbocycles. The molecule has 0 aromatic rings. The maximum absolute atomic E-state index is 12.4. The summed E-state index contributed by atoms with van der Waals surface area (Å²) in [5.41, 5.74) is 2.85. The highest BCUT2D eigenvalue weighted by molar-refractivity contribution is 5.88. The lowest BCUT2D eigenvalue weighted by Crippen LogP contribution is -2.52. The van der Waals surface area contributed by atoms with Gasteiger partial charge in [-0.15, -0.1) is 0 Å². The molecule has 0 bridgehead atoms. The van der Waals surface area contributed by atoms with Crippen LogP contribution in [-0.2, 0) is 4.79 Å². The minimum absolute atomic E-state index is 0.0447. The molecule has 0 unspecified atom stereocenters. The van der Waals surface area contributed by atoms with Gasteiger partial charge in [0.15, 0.2) is 0 Å². The van der Waals surface area contributed by atoms with Crippen LogP contribution in [0.1, 0.15) is 40.0 Å². The summed E-state index contributed by atoms with van der Waals surface area (Å²) in [4.78, 5) is 27.5. The Bertz CT molecular complexity index is 526. The van der Waals surface area contributed by atoms with Gasteiger partial charge in [-0.3, -0.25) is 4.79 Å². The highest BCUT2D eigenvalue weighted by atomic mass is 16.2. The Hall–Kier alpha value is -1.78. The van der Waals surface area contributed by atoms with E-state index in [2.05, 4.69) is 26.1 Å². The van der Waals surface area contributed by atoms with Gasteiger partial charge < -0.3 is 15.1 Å². The van der Waals surface area contributed by atoms with Gasteiger partial charge in [0.2, 0.25) is 5.91 Å². The molecule has 1 aliphatic carbocycles. The second-order valence-electron chi connectivity index (χ2n) is 7.13. The lowest BCUT2D eigenvalue weighted by atomic mass is 9.72. The van der Waals surface area contributed by atoms with Crippen molar-refractivity contribution in [1.82, 2.24) is 15.1 Å². The normalized spacial score (nSPS) is 21.7. The second-order valence-corrected chi connectivity index (χ2v) is 7.13. The lowest BCUT2D eigenvalue weighted by molar-refractivity contribution is -0.127. The summed E-state index contributed by atoms with van der Waals surface area (Å²) in [6.07, 6.45) is 7.25. The average Bonchev–Trinajstić information content (AvgIpc) is 2.53. The highest BCUT2D eigenvalue weighted by Gasteiger charge is 2.27. The number of carbonyl (C=O) groups is 2. The van der Waals surface area contributed by atoms with E-state index in [9.17, 15) is 9.59 Å². The van der Waals surface area contributed by atoms with Crippen LogP contribution in [-0.4, -0.2) is 55.0 Å². The number of nitrogens with one attached hydrogen (secondary N) is 1. The second kappa shape index (κ2) is 7.20. The van der Waals surface area contributed by atoms with Crippen LogP contribution in [0.4, 0.5) is 4.79 Å². The number of nitrogens with zero attached hydrogens (tertiary/aromatic N) is 2. The smallest absolute Gasteiger partial charge is 0.317 e. The molecule has 0 radical (unpaired) electrons. The summed E-state index contributed by atoms with van der Waals surface area (Å²) in [5.74, 6) is 0.0447. The van der Waals surface area contributed by atoms with Gasteiger partial charge >= 0.3 is 6.03 Å². The molecule has 5 nitrogen and oxygen atoms in total. The summed E-state index contributed by atoms with van der Waals surface area (Å²) in [7, 11) is 1.63. The van der Waals surface area contributed by atoms with E-state index in [-0.39, 0.29) is 17.4 Å². The third-order valence-corrected chi connectivity index (χ3v) is 5.03. The molecule has 1 N–H and O–H groups in total. The molecule has 1 heterocycles. The van der Waals surface area contributed by atoms with Crippen LogP contribution >= 0.6 is 0 Å². The van der Waals surface area contributed by atoms with E-state index in [1.807, 2.05) is 11.0 Å². The predicted octanol–water partition coefficient (Wildman–Crippen LogP) is 2.55.